The summed E-state index contributed by atoms with van der Waals surface area (Å²) in [5.41, 5.74) is 5.87. The number of carbonyl (C=O) groups is 1. The second kappa shape index (κ2) is 6.03. The minimum Gasteiger partial charge on any atom is -0.398 e. The molecule has 6 nitrogen and oxygen atoms in total. The zero-order chi connectivity index (χ0) is 14.6. The maximum absolute atomic E-state index is 12.3. The fraction of sp³-hybridized carbons (Fsp3) is 0.417. The van der Waals surface area contributed by atoms with Crippen molar-refractivity contribution < 1.29 is 13.2 Å². The Labute approximate surface area is 113 Å². The van der Waals surface area contributed by atoms with Gasteiger partial charge in [0.1, 0.15) is 4.90 Å². The second-order valence-electron chi connectivity index (χ2n) is 4.34. The molecule has 0 saturated heterocycles. The monoisotopic (exact) mass is 285 g/mol. The third-order valence-electron chi connectivity index (χ3n) is 2.83. The van der Waals surface area contributed by atoms with Crippen molar-refractivity contribution in [1.29, 1.82) is 0 Å². The molecule has 0 bridgehead atoms. The maximum Gasteiger partial charge on any atom is 0.244 e. The van der Waals surface area contributed by atoms with Crippen molar-refractivity contribution in [1.82, 2.24) is 9.62 Å². The molecule has 0 spiro atoms. The Bertz CT molecular complexity index is 557. The highest BCUT2D eigenvalue weighted by atomic mass is 32.2. The van der Waals surface area contributed by atoms with E-state index >= 15 is 0 Å². The number of nitrogens with zero attached hydrogens (tertiary/aromatic N) is 1. The third kappa shape index (κ3) is 3.45. The van der Waals surface area contributed by atoms with E-state index in [0.717, 1.165) is 4.31 Å². The molecule has 1 aromatic rings. The summed E-state index contributed by atoms with van der Waals surface area (Å²) in [5, 5.41) is 2.49. The van der Waals surface area contributed by atoms with E-state index in [2.05, 4.69) is 5.32 Å². The lowest BCUT2D eigenvalue weighted by molar-refractivity contribution is -0.124. The Morgan fingerprint density at radius 1 is 1.42 bits per heavy atom. The number of rotatable bonds is 5. The number of amides is 1. The highest BCUT2D eigenvalue weighted by molar-refractivity contribution is 7.89. The van der Waals surface area contributed by atoms with Crippen molar-refractivity contribution in [2.45, 2.75) is 11.8 Å². The molecule has 1 amide bonds. The van der Waals surface area contributed by atoms with Gasteiger partial charge in [-0.2, -0.15) is 0 Å². The summed E-state index contributed by atoms with van der Waals surface area (Å²) in [6.07, 6.45) is 0. The van der Waals surface area contributed by atoms with Gasteiger partial charge in [-0.3, -0.25) is 4.79 Å². The van der Waals surface area contributed by atoms with Crippen LogP contribution in [0.4, 0.5) is 5.69 Å². The van der Waals surface area contributed by atoms with Gasteiger partial charge in [-0.25, -0.2) is 12.7 Å². The predicted molar refractivity (Wildman–Crippen MR) is 73.9 cm³/mol. The molecule has 1 atom stereocenters. The molecule has 19 heavy (non-hydrogen) atoms. The zero-order valence-electron chi connectivity index (χ0n) is 11.3. The van der Waals surface area contributed by atoms with Crippen LogP contribution in [0.2, 0.25) is 0 Å². The summed E-state index contributed by atoms with van der Waals surface area (Å²) in [4.78, 5) is 11.5. The average molecular weight is 285 g/mol. The third-order valence-corrected chi connectivity index (χ3v) is 4.73. The number of nitrogens with one attached hydrogen (secondary N) is 1. The zero-order valence-corrected chi connectivity index (χ0v) is 12.1. The van der Waals surface area contributed by atoms with Crippen LogP contribution >= 0.6 is 0 Å². The van der Waals surface area contributed by atoms with Gasteiger partial charge < -0.3 is 11.1 Å². The highest BCUT2D eigenvalue weighted by Gasteiger charge is 2.25. The van der Waals surface area contributed by atoms with Crippen LogP contribution in [0.25, 0.3) is 0 Å². The Morgan fingerprint density at radius 2 is 2.00 bits per heavy atom. The number of carbonyl (C=O) groups excluding carboxylic acids is 1. The highest BCUT2D eigenvalue weighted by Crippen LogP contribution is 2.21. The van der Waals surface area contributed by atoms with Crippen molar-refractivity contribution >= 4 is 21.6 Å². The Kier molecular flexibility index (Phi) is 4.90. The van der Waals surface area contributed by atoms with Gasteiger partial charge >= 0.3 is 0 Å². The molecule has 7 heteroatoms. The molecule has 0 aromatic heterocycles. The quantitative estimate of drug-likeness (QED) is 0.760. The summed E-state index contributed by atoms with van der Waals surface area (Å²) in [5.74, 6) is -0.641. The van der Waals surface area contributed by atoms with Crippen LogP contribution in [-0.4, -0.2) is 39.3 Å². The normalized spacial score (nSPS) is 13.3. The first-order valence-electron chi connectivity index (χ1n) is 5.83. The molecule has 0 saturated carbocycles. The SMILES string of the molecule is CNC(=O)C(C)CN(C)S(=O)(=O)c1ccccc1N. The van der Waals surface area contributed by atoms with E-state index in [9.17, 15) is 13.2 Å². The molecule has 0 aliphatic rings. The Balaban J connectivity index is 2.96. The second-order valence-corrected chi connectivity index (χ2v) is 6.35. The van der Waals surface area contributed by atoms with Crippen molar-refractivity contribution in [3.63, 3.8) is 0 Å². The van der Waals surface area contributed by atoms with Crippen molar-refractivity contribution in [3.8, 4) is 0 Å². The molecule has 0 aliphatic carbocycles. The van der Waals surface area contributed by atoms with Crippen LogP contribution in [0, 0.1) is 5.92 Å². The lowest BCUT2D eigenvalue weighted by atomic mass is 10.2. The van der Waals surface area contributed by atoms with E-state index in [1.807, 2.05) is 0 Å². The number of para-hydroxylation sites is 1. The van der Waals surface area contributed by atoms with Gasteiger partial charge in [0.15, 0.2) is 0 Å². The van der Waals surface area contributed by atoms with Crippen LogP contribution in [-0.2, 0) is 14.8 Å². The number of sulfonamides is 1. The first-order valence-corrected chi connectivity index (χ1v) is 7.27. The fourth-order valence-corrected chi connectivity index (χ4v) is 3.07. The minimum absolute atomic E-state index is 0.0570. The van der Waals surface area contributed by atoms with Crippen molar-refractivity contribution in [2.24, 2.45) is 5.92 Å². The lowest BCUT2D eigenvalue weighted by Gasteiger charge is -2.21. The number of hydrogen-bond acceptors (Lipinski definition) is 4. The number of hydrogen-bond donors (Lipinski definition) is 2. The maximum atomic E-state index is 12.3. The lowest BCUT2D eigenvalue weighted by Crippen LogP contribution is -2.37. The topological polar surface area (TPSA) is 92.5 Å². The summed E-state index contributed by atoms with van der Waals surface area (Å²) >= 11 is 0. The van der Waals surface area contributed by atoms with Gasteiger partial charge in [0.05, 0.1) is 5.69 Å². The summed E-state index contributed by atoms with van der Waals surface area (Å²) in [6.45, 7) is 1.76. The molecule has 1 aromatic carbocycles. The predicted octanol–water partition coefficient (Wildman–Crippen LogP) is 0.271. The van der Waals surface area contributed by atoms with Crippen molar-refractivity contribution in [2.75, 3.05) is 26.4 Å². The van der Waals surface area contributed by atoms with Crippen LogP contribution in [0.1, 0.15) is 6.92 Å². The molecule has 1 rings (SSSR count). The van der Waals surface area contributed by atoms with Gasteiger partial charge in [0.2, 0.25) is 15.9 Å². The van der Waals surface area contributed by atoms with E-state index in [-0.39, 0.29) is 23.0 Å². The molecular weight excluding hydrogens is 266 g/mol. The molecule has 0 fully saturated rings. The number of nitrogen functional groups attached to an aromatic ring is 1. The molecule has 106 valence electrons. The van der Waals surface area contributed by atoms with Crippen LogP contribution < -0.4 is 11.1 Å². The van der Waals surface area contributed by atoms with Crippen molar-refractivity contribution in [3.05, 3.63) is 24.3 Å². The average Bonchev–Trinajstić information content (AvgIpc) is 2.37. The number of benzene rings is 1. The first kappa shape index (κ1) is 15.5. The molecule has 1 unspecified atom stereocenters. The molecule has 3 N–H and O–H groups in total. The number of nitrogens with two attached hydrogens (primary N) is 1. The molecular formula is C12H19N3O3S. The van der Waals surface area contributed by atoms with Gasteiger partial charge in [-0.05, 0) is 12.1 Å². The van der Waals surface area contributed by atoms with Crippen LogP contribution in [0.3, 0.4) is 0 Å². The van der Waals surface area contributed by atoms with E-state index < -0.39 is 15.9 Å². The minimum atomic E-state index is -3.68. The van der Waals surface area contributed by atoms with Gasteiger partial charge in [0, 0.05) is 26.6 Å². The first-order chi connectivity index (χ1) is 8.80. The summed E-state index contributed by atoms with van der Waals surface area (Å²) in [7, 11) is -0.730. The van der Waals surface area contributed by atoms with E-state index in [1.165, 1.54) is 26.2 Å². The molecule has 0 aliphatic heterocycles. The fourth-order valence-electron chi connectivity index (χ4n) is 1.70. The Morgan fingerprint density at radius 3 is 2.53 bits per heavy atom. The van der Waals surface area contributed by atoms with Gasteiger partial charge in [0.25, 0.3) is 0 Å². The standard InChI is InChI=1S/C12H19N3O3S/c1-9(12(16)14-2)8-15(3)19(17,18)11-7-5-4-6-10(11)13/h4-7,9H,8,13H2,1-3H3,(H,14,16). The van der Waals surface area contributed by atoms with Crippen LogP contribution in [0.5, 0.6) is 0 Å². The molecule has 0 radical (unpaired) electrons. The van der Waals surface area contributed by atoms with Gasteiger partial charge in [-0.15, -0.1) is 0 Å². The Hall–Kier alpha value is -1.60. The summed E-state index contributed by atoms with van der Waals surface area (Å²) < 4.78 is 25.8. The van der Waals surface area contributed by atoms with E-state index in [0.29, 0.717) is 0 Å². The van der Waals surface area contributed by atoms with E-state index in [1.54, 1.807) is 19.1 Å². The smallest absolute Gasteiger partial charge is 0.244 e. The van der Waals surface area contributed by atoms with E-state index in [4.69, 9.17) is 5.73 Å². The summed E-state index contributed by atoms with van der Waals surface area (Å²) in [6, 6.07) is 6.26. The number of anilines is 1. The largest absolute Gasteiger partial charge is 0.398 e. The van der Waals surface area contributed by atoms with Crippen LogP contribution in [0.15, 0.2) is 29.2 Å². The molecule has 0 heterocycles. The van der Waals surface area contributed by atoms with Gasteiger partial charge in [-0.1, -0.05) is 19.1 Å².